The third-order valence-electron chi connectivity index (χ3n) is 3.30. The van der Waals surface area contributed by atoms with E-state index in [1.807, 2.05) is 6.92 Å². The summed E-state index contributed by atoms with van der Waals surface area (Å²) < 4.78 is 38.8. The fourth-order valence-electron chi connectivity index (χ4n) is 2.23. The van der Waals surface area contributed by atoms with Crippen LogP contribution in [0, 0.1) is 4.91 Å². The third-order valence-corrected chi connectivity index (χ3v) is 3.30. The van der Waals surface area contributed by atoms with E-state index in [9.17, 15) is 22.9 Å². The van der Waals surface area contributed by atoms with Gasteiger partial charge in [-0.2, -0.15) is 13.2 Å². The maximum absolute atomic E-state index is 12.9. The predicted molar refractivity (Wildman–Crippen MR) is 80.1 cm³/mol. The number of allylic oxidation sites excluding steroid dienone is 1. The van der Waals surface area contributed by atoms with Crippen molar-refractivity contribution in [3.05, 3.63) is 46.4 Å². The quantitative estimate of drug-likeness (QED) is 0.458. The molecule has 0 aliphatic carbocycles. The van der Waals surface area contributed by atoms with Crippen LogP contribution in [0.5, 0.6) is 0 Å². The van der Waals surface area contributed by atoms with Crippen molar-refractivity contribution in [1.29, 1.82) is 0 Å². The summed E-state index contributed by atoms with van der Waals surface area (Å²) in [6, 6.07) is 2.96. The van der Waals surface area contributed by atoms with Gasteiger partial charge in [0.15, 0.2) is 0 Å². The van der Waals surface area contributed by atoms with Crippen LogP contribution in [0.3, 0.4) is 0 Å². The van der Waals surface area contributed by atoms with Gasteiger partial charge in [0.05, 0.1) is 16.5 Å². The highest BCUT2D eigenvalue weighted by Gasteiger charge is 2.32. The number of nitrogens with zero attached hydrogens (tertiary/aromatic N) is 2. The molecule has 0 aromatic heterocycles. The third kappa shape index (κ3) is 5.08. The zero-order chi connectivity index (χ0) is 17.6. The Bertz CT molecular complexity index is 600. The number of nitroso groups, excluding NO2 is 1. The standard InChI is InChI=1S/C15H17F3N2O3/c1-3-4-10(5-8-14(21)22)12-9-11(15(16,17)18)6-7-13(12)20(2)19-23/h5-10H,3-4H2,1-2H3,(H,21,22). The van der Waals surface area contributed by atoms with Crippen molar-refractivity contribution in [2.75, 3.05) is 12.1 Å². The van der Waals surface area contributed by atoms with Crippen LogP contribution >= 0.6 is 0 Å². The summed E-state index contributed by atoms with van der Waals surface area (Å²) in [6.07, 6.45) is -1.26. The van der Waals surface area contributed by atoms with Crippen LogP contribution < -0.4 is 5.01 Å². The van der Waals surface area contributed by atoms with E-state index < -0.39 is 23.6 Å². The molecule has 8 heteroatoms. The van der Waals surface area contributed by atoms with E-state index in [1.165, 1.54) is 13.1 Å². The van der Waals surface area contributed by atoms with Gasteiger partial charge in [-0.05, 0) is 30.2 Å². The van der Waals surface area contributed by atoms with E-state index in [-0.39, 0.29) is 11.3 Å². The highest BCUT2D eigenvalue weighted by molar-refractivity contribution is 5.80. The number of alkyl halides is 3. The molecule has 0 amide bonds. The SMILES string of the molecule is CCCC(C=CC(=O)O)c1cc(C(F)(F)F)ccc1N(C)N=O. The summed E-state index contributed by atoms with van der Waals surface area (Å²) in [7, 11) is 1.32. The van der Waals surface area contributed by atoms with Gasteiger partial charge in [-0.25, -0.2) is 9.80 Å². The number of aliphatic carboxylic acids is 1. The second-order valence-corrected chi connectivity index (χ2v) is 4.97. The lowest BCUT2D eigenvalue weighted by molar-refractivity contribution is -0.137. The molecule has 0 aliphatic rings. The van der Waals surface area contributed by atoms with Crippen LogP contribution in [0.1, 0.15) is 36.8 Å². The number of carboxylic acid groups (broad SMARTS) is 1. The van der Waals surface area contributed by atoms with Crippen molar-refractivity contribution in [3.63, 3.8) is 0 Å². The topological polar surface area (TPSA) is 70.0 Å². The average Bonchev–Trinajstić information content (AvgIpc) is 2.49. The molecule has 0 bridgehead atoms. The summed E-state index contributed by atoms with van der Waals surface area (Å²) >= 11 is 0. The average molecular weight is 330 g/mol. The van der Waals surface area contributed by atoms with Crippen LogP contribution in [0.25, 0.3) is 0 Å². The van der Waals surface area contributed by atoms with Gasteiger partial charge in [-0.15, -0.1) is 4.91 Å². The molecule has 1 rings (SSSR count). The molecule has 0 spiro atoms. The van der Waals surface area contributed by atoms with Crippen molar-refractivity contribution in [1.82, 2.24) is 0 Å². The number of hydrogen-bond donors (Lipinski definition) is 1. The Labute approximate surface area is 131 Å². The van der Waals surface area contributed by atoms with Gasteiger partial charge < -0.3 is 5.11 Å². The molecule has 23 heavy (non-hydrogen) atoms. The van der Waals surface area contributed by atoms with Crippen molar-refractivity contribution in [2.45, 2.75) is 31.9 Å². The Balaban J connectivity index is 3.45. The number of halogens is 3. The molecule has 5 nitrogen and oxygen atoms in total. The van der Waals surface area contributed by atoms with Crippen LogP contribution in [0.2, 0.25) is 0 Å². The highest BCUT2D eigenvalue weighted by Crippen LogP contribution is 2.37. The molecule has 0 heterocycles. The van der Waals surface area contributed by atoms with Gasteiger partial charge in [0.1, 0.15) is 0 Å². The van der Waals surface area contributed by atoms with E-state index in [0.29, 0.717) is 12.8 Å². The van der Waals surface area contributed by atoms with Crippen LogP contribution in [0.4, 0.5) is 18.9 Å². The molecule has 0 saturated heterocycles. The van der Waals surface area contributed by atoms with E-state index in [1.54, 1.807) is 0 Å². The number of benzene rings is 1. The minimum Gasteiger partial charge on any atom is -0.478 e. The molecule has 1 atom stereocenters. The van der Waals surface area contributed by atoms with Gasteiger partial charge in [0.2, 0.25) is 0 Å². The Morgan fingerprint density at radius 2 is 2.09 bits per heavy atom. The second-order valence-electron chi connectivity index (χ2n) is 4.97. The van der Waals surface area contributed by atoms with Crippen LogP contribution in [-0.4, -0.2) is 18.1 Å². The summed E-state index contributed by atoms with van der Waals surface area (Å²) in [5, 5.41) is 12.4. The first-order valence-electron chi connectivity index (χ1n) is 6.90. The number of carbonyl (C=O) groups is 1. The zero-order valence-corrected chi connectivity index (χ0v) is 12.7. The minimum atomic E-state index is -4.53. The summed E-state index contributed by atoms with van der Waals surface area (Å²) in [5.41, 5.74) is -0.442. The Hall–Kier alpha value is -2.38. The molecular weight excluding hydrogens is 313 g/mol. The molecular formula is C15H17F3N2O3. The molecule has 0 saturated carbocycles. The second kappa shape index (κ2) is 7.75. The molecule has 1 aromatic carbocycles. The van der Waals surface area contributed by atoms with Crippen molar-refractivity contribution < 1.29 is 23.1 Å². The van der Waals surface area contributed by atoms with Crippen LogP contribution in [-0.2, 0) is 11.0 Å². The first-order chi connectivity index (χ1) is 10.7. The maximum Gasteiger partial charge on any atom is 0.416 e. The van der Waals surface area contributed by atoms with Crippen molar-refractivity contribution in [3.8, 4) is 0 Å². The molecule has 1 unspecified atom stereocenters. The van der Waals surface area contributed by atoms with Gasteiger partial charge in [-0.1, -0.05) is 19.4 Å². The Morgan fingerprint density at radius 1 is 1.43 bits per heavy atom. The van der Waals surface area contributed by atoms with E-state index in [2.05, 4.69) is 5.29 Å². The first kappa shape index (κ1) is 18.7. The van der Waals surface area contributed by atoms with Gasteiger partial charge in [0, 0.05) is 19.0 Å². The number of rotatable bonds is 7. The van der Waals surface area contributed by atoms with Crippen molar-refractivity contribution >= 4 is 11.7 Å². The maximum atomic E-state index is 12.9. The molecule has 0 aliphatic heterocycles. The van der Waals surface area contributed by atoms with Crippen LogP contribution in [0.15, 0.2) is 35.6 Å². The highest BCUT2D eigenvalue weighted by atomic mass is 19.4. The molecule has 126 valence electrons. The summed E-state index contributed by atoms with van der Waals surface area (Å²) in [4.78, 5) is 21.4. The van der Waals surface area contributed by atoms with Crippen molar-refractivity contribution in [2.24, 2.45) is 5.29 Å². The van der Waals surface area contributed by atoms with Gasteiger partial charge in [0.25, 0.3) is 0 Å². The fraction of sp³-hybridized carbons (Fsp3) is 0.400. The van der Waals surface area contributed by atoms with Gasteiger partial charge in [-0.3, -0.25) is 0 Å². The minimum absolute atomic E-state index is 0.210. The molecule has 0 fully saturated rings. The Morgan fingerprint density at radius 3 is 2.57 bits per heavy atom. The largest absolute Gasteiger partial charge is 0.478 e. The number of carboxylic acids is 1. The first-order valence-corrected chi connectivity index (χ1v) is 6.90. The lowest BCUT2D eigenvalue weighted by atomic mass is 9.91. The lowest BCUT2D eigenvalue weighted by Gasteiger charge is -2.21. The number of hydrogen-bond acceptors (Lipinski definition) is 3. The fourth-order valence-corrected chi connectivity index (χ4v) is 2.23. The Kier molecular flexibility index (Phi) is 6.29. The smallest absolute Gasteiger partial charge is 0.416 e. The predicted octanol–water partition coefficient (Wildman–Crippen LogP) is 4.35. The van der Waals surface area contributed by atoms with Gasteiger partial charge >= 0.3 is 12.1 Å². The monoisotopic (exact) mass is 330 g/mol. The van der Waals surface area contributed by atoms with E-state index in [4.69, 9.17) is 5.11 Å². The summed E-state index contributed by atoms with van der Waals surface area (Å²) in [5.74, 6) is -1.76. The normalized spacial score (nSPS) is 13.1. The number of anilines is 1. The summed E-state index contributed by atoms with van der Waals surface area (Å²) in [6.45, 7) is 1.83. The zero-order valence-electron chi connectivity index (χ0n) is 12.7. The lowest BCUT2D eigenvalue weighted by Crippen LogP contribution is -2.14. The molecule has 1 N–H and O–H groups in total. The van der Waals surface area contributed by atoms with E-state index >= 15 is 0 Å². The molecule has 1 aromatic rings. The van der Waals surface area contributed by atoms with E-state index in [0.717, 1.165) is 29.3 Å². The molecule has 0 radical (unpaired) electrons.